The third-order valence-electron chi connectivity index (χ3n) is 4.24. The monoisotopic (exact) mass is 327 g/mol. The number of hydrogen-bond acceptors (Lipinski definition) is 6. The van der Waals surface area contributed by atoms with Crippen molar-refractivity contribution in [3.63, 3.8) is 0 Å². The number of rotatable bonds is 2. The topological polar surface area (TPSA) is 54.3 Å². The van der Waals surface area contributed by atoms with Crippen LogP contribution in [0.2, 0.25) is 0 Å². The predicted octanol–water partition coefficient (Wildman–Crippen LogP) is 1.72. The van der Waals surface area contributed by atoms with Crippen LogP contribution < -0.4 is 15.4 Å². The maximum Gasteiger partial charge on any atom is 0.293 e. The molecule has 0 spiro atoms. The van der Waals surface area contributed by atoms with Crippen LogP contribution in [0.4, 0.5) is 11.6 Å². The van der Waals surface area contributed by atoms with Gasteiger partial charge in [0.2, 0.25) is 0 Å². The molecule has 0 saturated carbocycles. The molecule has 0 unspecified atom stereocenters. The molecular formula is C16H17N5OS. The summed E-state index contributed by atoms with van der Waals surface area (Å²) in [5.41, 5.74) is -0.0416. The van der Waals surface area contributed by atoms with Crippen molar-refractivity contribution in [1.82, 2.24) is 13.9 Å². The molecule has 0 N–H and O–H groups in total. The molecule has 0 amide bonds. The number of anilines is 2. The normalized spacial score (nSPS) is 15.3. The lowest BCUT2D eigenvalue weighted by atomic mass is 10.2. The molecule has 6 nitrogen and oxygen atoms in total. The number of hydrogen-bond donors (Lipinski definition) is 0. The molecule has 1 saturated heterocycles. The maximum absolute atomic E-state index is 12.2. The third-order valence-corrected chi connectivity index (χ3v) is 5.05. The fourth-order valence-corrected chi connectivity index (χ4v) is 3.73. The van der Waals surface area contributed by atoms with Gasteiger partial charge in [-0.2, -0.15) is 4.37 Å². The van der Waals surface area contributed by atoms with Crippen molar-refractivity contribution in [2.45, 2.75) is 0 Å². The van der Waals surface area contributed by atoms with E-state index in [1.807, 2.05) is 12.1 Å². The SMILES string of the molecule is Cn1ccnc(N2CCN(c3nsc4ccccc34)CC2)c1=O. The molecule has 0 bridgehead atoms. The smallest absolute Gasteiger partial charge is 0.293 e. The highest BCUT2D eigenvalue weighted by atomic mass is 32.1. The van der Waals surface area contributed by atoms with Crippen LogP contribution in [-0.2, 0) is 7.05 Å². The lowest BCUT2D eigenvalue weighted by Crippen LogP contribution is -2.48. The molecule has 7 heteroatoms. The highest BCUT2D eigenvalue weighted by molar-refractivity contribution is 7.13. The van der Waals surface area contributed by atoms with Gasteiger partial charge in [0.05, 0.1) is 4.70 Å². The minimum atomic E-state index is -0.0416. The van der Waals surface area contributed by atoms with Crippen LogP contribution in [0.5, 0.6) is 0 Å². The average Bonchev–Trinajstić information content (AvgIpc) is 3.02. The van der Waals surface area contributed by atoms with Crippen molar-refractivity contribution >= 4 is 33.3 Å². The van der Waals surface area contributed by atoms with E-state index in [1.54, 1.807) is 24.0 Å². The second-order valence-electron chi connectivity index (χ2n) is 5.64. The Kier molecular flexibility index (Phi) is 3.49. The minimum absolute atomic E-state index is 0.0416. The Morgan fingerprint density at radius 1 is 1.04 bits per heavy atom. The zero-order valence-corrected chi connectivity index (χ0v) is 13.7. The fourth-order valence-electron chi connectivity index (χ4n) is 2.93. The fraction of sp³-hybridized carbons (Fsp3) is 0.312. The van der Waals surface area contributed by atoms with Gasteiger partial charge in [-0.25, -0.2) is 4.98 Å². The van der Waals surface area contributed by atoms with Crippen LogP contribution in [-0.4, -0.2) is 40.1 Å². The van der Waals surface area contributed by atoms with Crippen LogP contribution in [0, 0.1) is 0 Å². The average molecular weight is 327 g/mol. The van der Waals surface area contributed by atoms with Crippen molar-refractivity contribution < 1.29 is 0 Å². The van der Waals surface area contributed by atoms with E-state index in [1.165, 1.54) is 21.6 Å². The number of aryl methyl sites for hydroxylation is 1. The Balaban J connectivity index is 1.55. The summed E-state index contributed by atoms with van der Waals surface area (Å²) in [7, 11) is 1.76. The second kappa shape index (κ2) is 5.66. The molecule has 1 aliphatic rings. The summed E-state index contributed by atoms with van der Waals surface area (Å²) in [6.07, 6.45) is 3.36. The van der Waals surface area contributed by atoms with Crippen molar-refractivity contribution in [3.05, 3.63) is 47.0 Å². The van der Waals surface area contributed by atoms with E-state index in [-0.39, 0.29) is 5.56 Å². The van der Waals surface area contributed by atoms with E-state index < -0.39 is 0 Å². The standard InChI is InChI=1S/C16H17N5OS/c1-19-7-6-17-15(16(19)22)21-10-8-20(9-11-21)14-12-4-2-3-5-13(12)23-18-14/h2-7H,8-11H2,1H3. The van der Waals surface area contributed by atoms with Gasteiger partial charge in [-0.15, -0.1) is 0 Å². The Labute approximate surface area is 137 Å². The Morgan fingerprint density at radius 2 is 1.74 bits per heavy atom. The first kappa shape index (κ1) is 14.2. The molecule has 0 aliphatic carbocycles. The minimum Gasteiger partial charge on any atom is -0.352 e. The summed E-state index contributed by atoms with van der Waals surface area (Å²) in [6.45, 7) is 3.23. The first-order valence-electron chi connectivity index (χ1n) is 7.60. The van der Waals surface area contributed by atoms with Crippen LogP contribution in [0.15, 0.2) is 41.5 Å². The Hall–Kier alpha value is -2.41. The lowest BCUT2D eigenvalue weighted by Gasteiger charge is -2.35. The molecule has 3 heterocycles. The van der Waals surface area contributed by atoms with E-state index >= 15 is 0 Å². The third kappa shape index (κ3) is 2.46. The van der Waals surface area contributed by atoms with Crippen LogP contribution >= 0.6 is 11.5 Å². The first-order chi connectivity index (χ1) is 11.2. The predicted molar refractivity (Wildman–Crippen MR) is 93.5 cm³/mol. The molecule has 2 aromatic heterocycles. The van der Waals surface area contributed by atoms with E-state index in [9.17, 15) is 4.79 Å². The molecule has 0 radical (unpaired) electrons. The van der Waals surface area contributed by atoms with Crippen LogP contribution in [0.3, 0.4) is 0 Å². The second-order valence-corrected chi connectivity index (χ2v) is 6.45. The summed E-state index contributed by atoms with van der Waals surface area (Å²) >= 11 is 1.54. The quantitative estimate of drug-likeness (QED) is 0.717. The summed E-state index contributed by atoms with van der Waals surface area (Å²) in [4.78, 5) is 20.8. The zero-order chi connectivity index (χ0) is 15.8. The highest BCUT2D eigenvalue weighted by Gasteiger charge is 2.23. The number of fused-ring (bicyclic) bond motifs is 1. The summed E-state index contributed by atoms with van der Waals surface area (Å²) < 4.78 is 7.40. The number of aromatic nitrogens is 3. The molecule has 1 aromatic carbocycles. The van der Waals surface area contributed by atoms with Crippen molar-refractivity contribution in [1.29, 1.82) is 0 Å². The Morgan fingerprint density at radius 3 is 2.52 bits per heavy atom. The molecular weight excluding hydrogens is 310 g/mol. The number of nitrogens with zero attached hydrogens (tertiary/aromatic N) is 5. The van der Waals surface area contributed by atoms with Gasteiger partial charge in [0.1, 0.15) is 5.82 Å². The van der Waals surface area contributed by atoms with Gasteiger partial charge in [-0.05, 0) is 23.7 Å². The van der Waals surface area contributed by atoms with E-state index in [0.717, 1.165) is 32.0 Å². The van der Waals surface area contributed by atoms with Crippen molar-refractivity contribution in [2.75, 3.05) is 36.0 Å². The van der Waals surface area contributed by atoms with Gasteiger partial charge in [-0.3, -0.25) is 4.79 Å². The summed E-state index contributed by atoms with van der Waals surface area (Å²) in [5, 5.41) is 1.21. The summed E-state index contributed by atoms with van der Waals surface area (Å²) in [5.74, 6) is 1.59. The van der Waals surface area contributed by atoms with Crippen LogP contribution in [0.25, 0.3) is 10.1 Å². The van der Waals surface area contributed by atoms with Gasteiger partial charge in [0, 0.05) is 51.0 Å². The van der Waals surface area contributed by atoms with Crippen LogP contribution in [0.1, 0.15) is 0 Å². The number of piperazine rings is 1. The molecule has 1 aliphatic heterocycles. The molecule has 23 heavy (non-hydrogen) atoms. The molecule has 118 valence electrons. The van der Waals surface area contributed by atoms with Gasteiger partial charge in [0.25, 0.3) is 5.56 Å². The summed E-state index contributed by atoms with van der Waals surface area (Å²) in [6, 6.07) is 8.31. The van der Waals surface area contributed by atoms with E-state index in [4.69, 9.17) is 0 Å². The first-order valence-corrected chi connectivity index (χ1v) is 8.37. The maximum atomic E-state index is 12.2. The van der Waals surface area contributed by atoms with Gasteiger partial charge >= 0.3 is 0 Å². The van der Waals surface area contributed by atoms with E-state index in [2.05, 4.69) is 31.3 Å². The molecule has 4 rings (SSSR count). The molecule has 3 aromatic rings. The highest BCUT2D eigenvalue weighted by Crippen LogP contribution is 2.29. The molecule has 1 fully saturated rings. The lowest BCUT2D eigenvalue weighted by molar-refractivity contribution is 0.637. The molecule has 0 atom stereocenters. The van der Waals surface area contributed by atoms with Crippen molar-refractivity contribution in [2.24, 2.45) is 7.05 Å². The van der Waals surface area contributed by atoms with Gasteiger partial charge < -0.3 is 14.4 Å². The largest absolute Gasteiger partial charge is 0.352 e. The van der Waals surface area contributed by atoms with E-state index in [0.29, 0.717) is 5.82 Å². The number of benzene rings is 1. The van der Waals surface area contributed by atoms with Gasteiger partial charge in [0.15, 0.2) is 5.82 Å². The zero-order valence-electron chi connectivity index (χ0n) is 12.8. The van der Waals surface area contributed by atoms with Crippen molar-refractivity contribution in [3.8, 4) is 0 Å². The Bertz CT molecular complexity index is 895. The van der Waals surface area contributed by atoms with Gasteiger partial charge in [-0.1, -0.05) is 12.1 Å².